The third kappa shape index (κ3) is 3.17. The van der Waals surface area contributed by atoms with Gasteiger partial charge in [0.05, 0.1) is 5.69 Å². The molecule has 0 unspecified atom stereocenters. The number of anilines is 1. The van der Waals surface area contributed by atoms with Gasteiger partial charge in [-0.25, -0.2) is 0 Å². The van der Waals surface area contributed by atoms with Gasteiger partial charge in [0.1, 0.15) is 11.5 Å². The molecule has 5 heteroatoms. The molecule has 0 aromatic heterocycles. The molecule has 1 amide bonds. The topological polar surface area (TPSA) is 64.3 Å². The Morgan fingerprint density at radius 2 is 1.89 bits per heavy atom. The summed E-state index contributed by atoms with van der Waals surface area (Å²) in [4.78, 5) is 11.5. The van der Waals surface area contributed by atoms with Gasteiger partial charge in [0.2, 0.25) is 0 Å². The molecule has 98 valence electrons. The lowest BCUT2D eigenvalue weighted by Gasteiger charge is -2.09. The number of nitrogen functional groups attached to an aromatic ring is 1. The highest BCUT2D eigenvalue weighted by Crippen LogP contribution is 2.28. The molecule has 0 aliphatic carbocycles. The minimum absolute atomic E-state index is 0.190. The van der Waals surface area contributed by atoms with E-state index in [-0.39, 0.29) is 5.91 Å². The van der Waals surface area contributed by atoms with Crippen molar-refractivity contribution in [2.24, 2.45) is 0 Å². The van der Waals surface area contributed by atoms with Crippen molar-refractivity contribution in [3.8, 4) is 11.5 Å². The van der Waals surface area contributed by atoms with Gasteiger partial charge in [-0.05, 0) is 42.5 Å². The Morgan fingerprint density at radius 3 is 2.47 bits per heavy atom. The van der Waals surface area contributed by atoms with Crippen LogP contribution >= 0.6 is 11.6 Å². The standard InChI is InChI=1S/C14H13ClN2O2/c1-17-14(18)9-2-7-13(12(16)8-9)19-11-5-3-10(15)4-6-11/h2-8H,16H2,1H3,(H,17,18). The van der Waals surface area contributed by atoms with E-state index in [1.165, 1.54) is 0 Å². The molecular formula is C14H13ClN2O2. The summed E-state index contributed by atoms with van der Waals surface area (Å²) in [6, 6.07) is 11.8. The predicted molar refractivity (Wildman–Crippen MR) is 75.8 cm³/mol. The average Bonchev–Trinajstić information content (AvgIpc) is 2.42. The zero-order valence-corrected chi connectivity index (χ0v) is 11.1. The lowest BCUT2D eigenvalue weighted by molar-refractivity contribution is 0.0963. The molecule has 0 heterocycles. The van der Waals surface area contributed by atoms with Gasteiger partial charge in [0, 0.05) is 17.6 Å². The van der Waals surface area contributed by atoms with E-state index in [1.807, 2.05) is 0 Å². The number of carbonyl (C=O) groups is 1. The quantitative estimate of drug-likeness (QED) is 0.847. The smallest absolute Gasteiger partial charge is 0.251 e. The van der Waals surface area contributed by atoms with Crippen molar-refractivity contribution in [2.75, 3.05) is 12.8 Å². The second kappa shape index (κ2) is 5.63. The second-order valence-electron chi connectivity index (χ2n) is 3.89. The van der Waals surface area contributed by atoms with Gasteiger partial charge >= 0.3 is 0 Å². The fourth-order valence-electron chi connectivity index (χ4n) is 1.56. The van der Waals surface area contributed by atoms with Gasteiger partial charge in [0.15, 0.2) is 0 Å². The largest absolute Gasteiger partial charge is 0.455 e. The fourth-order valence-corrected chi connectivity index (χ4v) is 1.68. The molecule has 0 aliphatic heterocycles. The molecule has 19 heavy (non-hydrogen) atoms. The number of amides is 1. The van der Waals surface area contributed by atoms with Gasteiger partial charge in [-0.2, -0.15) is 0 Å². The predicted octanol–water partition coefficient (Wildman–Crippen LogP) is 3.07. The van der Waals surface area contributed by atoms with Crippen molar-refractivity contribution in [3.63, 3.8) is 0 Å². The summed E-state index contributed by atoms with van der Waals surface area (Å²) in [5.41, 5.74) is 6.75. The van der Waals surface area contributed by atoms with E-state index in [9.17, 15) is 4.79 Å². The van der Waals surface area contributed by atoms with E-state index in [0.29, 0.717) is 27.8 Å². The maximum atomic E-state index is 11.5. The number of nitrogens with two attached hydrogens (primary N) is 1. The van der Waals surface area contributed by atoms with E-state index in [0.717, 1.165) is 0 Å². The number of nitrogens with one attached hydrogen (secondary N) is 1. The first kappa shape index (κ1) is 13.2. The lowest BCUT2D eigenvalue weighted by Crippen LogP contribution is -2.17. The molecule has 0 aliphatic rings. The van der Waals surface area contributed by atoms with Crippen LogP contribution in [0.3, 0.4) is 0 Å². The van der Waals surface area contributed by atoms with Crippen LogP contribution < -0.4 is 15.8 Å². The summed E-state index contributed by atoms with van der Waals surface area (Å²) < 4.78 is 5.62. The Hall–Kier alpha value is -2.20. The Balaban J connectivity index is 2.22. The SMILES string of the molecule is CNC(=O)c1ccc(Oc2ccc(Cl)cc2)c(N)c1. The molecule has 2 aromatic carbocycles. The normalized spacial score (nSPS) is 10.0. The summed E-state index contributed by atoms with van der Waals surface area (Å²) in [6.45, 7) is 0. The van der Waals surface area contributed by atoms with Gasteiger partial charge in [-0.15, -0.1) is 0 Å². The van der Waals surface area contributed by atoms with E-state index in [1.54, 1.807) is 49.5 Å². The first-order valence-corrected chi connectivity index (χ1v) is 6.03. The van der Waals surface area contributed by atoms with Crippen LogP contribution in [-0.4, -0.2) is 13.0 Å². The summed E-state index contributed by atoms with van der Waals surface area (Å²) in [6.07, 6.45) is 0. The summed E-state index contributed by atoms with van der Waals surface area (Å²) >= 11 is 5.79. The highest BCUT2D eigenvalue weighted by atomic mass is 35.5. The molecule has 0 atom stereocenters. The van der Waals surface area contributed by atoms with E-state index < -0.39 is 0 Å². The summed E-state index contributed by atoms with van der Waals surface area (Å²) in [5, 5.41) is 3.17. The minimum Gasteiger partial charge on any atom is -0.455 e. The third-order valence-electron chi connectivity index (χ3n) is 2.54. The molecule has 2 aromatic rings. The molecule has 0 spiro atoms. The monoisotopic (exact) mass is 276 g/mol. The van der Waals surface area contributed by atoms with Crippen molar-refractivity contribution in [1.29, 1.82) is 0 Å². The molecule has 3 N–H and O–H groups in total. The highest BCUT2D eigenvalue weighted by Gasteiger charge is 2.08. The zero-order chi connectivity index (χ0) is 13.8. The maximum Gasteiger partial charge on any atom is 0.251 e. The molecule has 4 nitrogen and oxygen atoms in total. The number of benzene rings is 2. The van der Waals surface area contributed by atoms with Crippen LogP contribution in [0.5, 0.6) is 11.5 Å². The number of hydrogen-bond acceptors (Lipinski definition) is 3. The van der Waals surface area contributed by atoms with Crippen molar-refractivity contribution in [1.82, 2.24) is 5.32 Å². The van der Waals surface area contributed by atoms with Crippen molar-refractivity contribution >= 4 is 23.2 Å². The Bertz CT molecular complexity index is 597. The number of hydrogen-bond donors (Lipinski definition) is 2. The van der Waals surface area contributed by atoms with E-state index >= 15 is 0 Å². The molecular weight excluding hydrogens is 264 g/mol. The molecule has 0 saturated heterocycles. The van der Waals surface area contributed by atoms with Gasteiger partial charge in [0.25, 0.3) is 5.91 Å². The van der Waals surface area contributed by atoms with Crippen LogP contribution in [0, 0.1) is 0 Å². The first-order chi connectivity index (χ1) is 9.10. The second-order valence-corrected chi connectivity index (χ2v) is 4.32. The van der Waals surface area contributed by atoms with Crippen LogP contribution in [0.1, 0.15) is 10.4 Å². The van der Waals surface area contributed by atoms with Crippen LogP contribution in [0.25, 0.3) is 0 Å². The molecule has 0 bridgehead atoms. The van der Waals surface area contributed by atoms with Crippen LogP contribution in [0.4, 0.5) is 5.69 Å². The third-order valence-corrected chi connectivity index (χ3v) is 2.79. The van der Waals surface area contributed by atoms with Gasteiger partial charge in [-0.3, -0.25) is 4.79 Å². The summed E-state index contributed by atoms with van der Waals surface area (Å²) in [5.74, 6) is 0.934. The van der Waals surface area contributed by atoms with E-state index in [2.05, 4.69) is 5.32 Å². The van der Waals surface area contributed by atoms with Gasteiger partial charge < -0.3 is 15.8 Å². The van der Waals surface area contributed by atoms with Crippen molar-refractivity contribution in [2.45, 2.75) is 0 Å². The zero-order valence-electron chi connectivity index (χ0n) is 10.3. The molecule has 0 saturated carbocycles. The highest BCUT2D eigenvalue weighted by molar-refractivity contribution is 6.30. The molecule has 0 radical (unpaired) electrons. The Labute approximate surface area is 116 Å². The first-order valence-electron chi connectivity index (χ1n) is 5.65. The van der Waals surface area contributed by atoms with Gasteiger partial charge in [-0.1, -0.05) is 11.6 Å². The summed E-state index contributed by atoms with van der Waals surface area (Å²) in [7, 11) is 1.57. The average molecular weight is 277 g/mol. The van der Waals surface area contributed by atoms with E-state index in [4.69, 9.17) is 22.1 Å². The molecule has 2 rings (SSSR count). The number of halogens is 1. The Kier molecular flexibility index (Phi) is 3.92. The number of carbonyl (C=O) groups excluding carboxylic acids is 1. The van der Waals surface area contributed by atoms with Crippen molar-refractivity contribution < 1.29 is 9.53 Å². The minimum atomic E-state index is -0.190. The van der Waals surface area contributed by atoms with Crippen LogP contribution in [0.2, 0.25) is 5.02 Å². The number of ether oxygens (including phenoxy) is 1. The number of rotatable bonds is 3. The van der Waals surface area contributed by atoms with Crippen LogP contribution in [-0.2, 0) is 0 Å². The Morgan fingerprint density at radius 1 is 1.21 bits per heavy atom. The lowest BCUT2D eigenvalue weighted by atomic mass is 10.2. The fraction of sp³-hybridized carbons (Fsp3) is 0.0714. The maximum absolute atomic E-state index is 11.5. The van der Waals surface area contributed by atoms with Crippen LogP contribution in [0.15, 0.2) is 42.5 Å². The van der Waals surface area contributed by atoms with Crippen molar-refractivity contribution in [3.05, 3.63) is 53.1 Å². The molecule has 0 fully saturated rings.